The van der Waals surface area contributed by atoms with Crippen LogP contribution >= 0.6 is 0 Å². The van der Waals surface area contributed by atoms with Gasteiger partial charge in [-0.2, -0.15) is 0 Å². The van der Waals surface area contributed by atoms with Crippen LogP contribution in [0, 0.1) is 21.7 Å². The Morgan fingerprint density at radius 3 is 0.969 bits per heavy atom. The highest BCUT2D eigenvalue weighted by atomic mass is 16.5. The molecule has 1 rings (SSSR count). The van der Waals surface area contributed by atoms with E-state index in [-0.39, 0.29) is 33.9 Å². The molecule has 0 aromatic heterocycles. The summed E-state index contributed by atoms with van der Waals surface area (Å²) >= 11 is 0. The van der Waals surface area contributed by atoms with Crippen molar-refractivity contribution in [2.24, 2.45) is 21.7 Å². The second-order valence-electron chi connectivity index (χ2n) is 12.9. The van der Waals surface area contributed by atoms with Gasteiger partial charge in [-0.05, 0) is 13.8 Å². The number of ether oxygens (including phenoxy) is 6. The Labute approximate surface area is 198 Å². The number of hydrogen-bond acceptors (Lipinski definition) is 6. The van der Waals surface area contributed by atoms with Crippen LogP contribution in [-0.4, -0.2) is 78.3 Å². The van der Waals surface area contributed by atoms with Gasteiger partial charge in [-0.3, -0.25) is 0 Å². The normalized spacial score (nSPS) is 31.7. The molecule has 0 spiro atoms. The van der Waals surface area contributed by atoms with E-state index in [2.05, 4.69) is 69.2 Å². The van der Waals surface area contributed by atoms with Crippen molar-refractivity contribution in [3.63, 3.8) is 0 Å². The van der Waals surface area contributed by atoms with E-state index in [4.69, 9.17) is 28.4 Å². The van der Waals surface area contributed by atoms with Gasteiger partial charge in [-0.15, -0.1) is 0 Å². The van der Waals surface area contributed by atoms with Crippen LogP contribution in [0.25, 0.3) is 0 Å². The first kappa shape index (κ1) is 29.8. The lowest BCUT2D eigenvalue weighted by atomic mass is 9.94. The molecule has 0 aliphatic carbocycles. The Bertz CT molecular complexity index is 470. The van der Waals surface area contributed by atoms with Gasteiger partial charge >= 0.3 is 0 Å². The zero-order valence-electron chi connectivity index (χ0n) is 22.7. The lowest BCUT2D eigenvalue weighted by Gasteiger charge is -2.32. The highest BCUT2D eigenvalue weighted by molar-refractivity contribution is 4.74. The molecular weight excluding hydrogens is 408 g/mol. The van der Waals surface area contributed by atoms with Crippen molar-refractivity contribution in [3.8, 4) is 0 Å². The highest BCUT2D eigenvalue weighted by Gasteiger charge is 2.26. The van der Waals surface area contributed by atoms with E-state index in [0.29, 0.717) is 66.1 Å². The first-order valence-electron chi connectivity index (χ1n) is 12.2. The molecule has 2 atom stereocenters. The fourth-order valence-corrected chi connectivity index (χ4v) is 3.21. The van der Waals surface area contributed by atoms with Gasteiger partial charge in [0.25, 0.3) is 0 Å². The van der Waals surface area contributed by atoms with Crippen molar-refractivity contribution in [2.75, 3.05) is 66.1 Å². The van der Waals surface area contributed by atoms with E-state index < -0.39 is 0 Å². The highest BCUT2D eigenvalue weighted by Crippen LogP contribution is 2.23. The van der Waals surface area contributed by atoms with Crippen molar-refractivity contribution in [3.05, 3.63) is 0 Å². The molecular formula is C26H52O6. The van der Waals surface area contributed by atoms with Crippen molar-refractivity contribution in [2.45, 2.75) is 81.4 Å². The van der Waals surface area contributed by atoms with Crippen LogP contribution in [0.5, 0.6) is 0 Å². The maximum Gasteiger partial charge on any atom is 0.0780 e. The summed E-state index contributed by atoms with van der Waals surface area (Å²) in [6.07, 6.45) is 0.0672. The standard InChI is InChI=1S/C26H52O6/c1-21-11-27-13-23(3,4)15-29-16-24(5,6)14-28-12-22(2)32-20-26(9,10)18-30-17-25(7,8)19-31-21/h21-22H,11-20H2,1-10H3. The van der Waals surface area contributed by atoms with E-state index in [1.807, 2.05) is 0 Å². The number of hydrogen-bond donors (Lipinski definition) is 0. The molecule has 0 saturated carbocycles. The molecule has 0 radical (unpaired) electrons. The molecule has 2 unspecified atom stereocenters. The average molecular weight is 461 g/mol. The molecule has 6 heteroatoms. The minimum Gasteiger partial charge on any atom is -0.380 e. The fraction of sp³-hybridized carbons (Fsp3) is 1.00. The summed E-state index contributed by atoms with van der Waals surface area (Å²) in [7, 11) is 0. The Hall–Kier alpha value is -0.240. The van der Waals surface area contributed by atoms with Crippen molar-refractivity contribution in [1.29, 1.82) is 0 Å². The predicted octanol–water partition coefficient (Wildman–Crippen LogP) is 4.98. The SMILES string of the molecule is CC1COCC(C)(C)COCC(C)(C)COCC(C)OCC(C)(C)COCC(C)(C)CO1. The molecule has 0 bridgehead atoms. The molecule has 1 saturated heterocycles. The van der Waals surface area contributed by atoms with E-state index in [0.717, 1.165) is 0 Å². The summed E-state index contributed by atoms with van der Waals surface area (Å²) < 4.78 is 36.1. The van der Waals surface area contributed by atoms with E-state index >= 15 is 0 Å². The smallest absolute Gasteiger partial charge is 0.0780 e. The van der Waals surface area contributed by atoms with Crippen LogP contribution < -0.4 is 0 Å². The molecule has 1 aliphatic heterocycles. The minimum atomic E-state index is -0.0662. The monoisotopic (exact) mass is 460 g/mol. The van der Waals surface area contributed by atoms with Crippen LogP contribution in [0.15, 0.2) is 0 Å². The van der Waals surface area contributed by atoms with E-state index in [1.165, 1.54) is 0 Å². The quantitative estimate of drug-likeness (QED) is 0.508. The fourth-order valence-electron chi connectivity index (χ4n) is 3.21. The molecule has 6 nitrogen and oxygen atoms in total. The summed E-state index contributed by atoms with van der Waals surface area (Å²) in [5.74, 6) is 0. The van der Waals surface area contributed by atoms with Crippen molar-refractivity contribution < 1.29 is 28.4 Å². The van der Waals surface area contributed by atoms with Crippen LogP contribution in [0.3, 0.4) is 0 Å². The first-order chi connectivity index (χ1) is 14.6. The minimum absolute atomic E-state index is 0.0336. The summed E-state index contributed by atoms with van der Waals surface area (Å²) in [6.45, 7) is 27.7. The molecule has 1 aliphatic rings. The molecule has 0 aromatic rings. The van der Waals surface area contributed by atoms with Gasteiger partial charge in [0.2, 0.25) is 0 Å². The Morgan fingerprint density at radius 1 is 0.406 bits per heavy atom. The number of rotatable bonds is 0. The zero-order chi connectivity index (χ0) is 24.5. The second-order valence-corrected chi connectivity index (χ2v) is 12.9. The summed E-state index contributed by atoms with van der Waals surface area (Å²) in [6, 6.07) is 0. The van der Waals surface area contributed by atoms with Gasteiger partial charge in [0.05, 0.1) is 78.3 Å². The second kappa shape index (κ2) is 13.0. The molecule has 0 amide bonds. The molecule has 0 N–H and O–H groups in total. The molecule has 1 heterocycles. The zero-order valence-corrected chi connectivity index (χ0v) is 22.7. The Morgan fingerprint density at radius 2 is 0.656 bits per heavy atom. The van der Waals surface area contributed by atoms with Gasteiger partial charge in [0.1, 0.15) is 0 Å². The van der Waals surface area contributed by atoms with E-state index in [1.54, 1.807) is 0 Å². The van der Waals surface area contributed by atoms with Crippen molar-refractivity contribution in [1.82, 2.24) is 0 Å². The lowest BCUT2D eigenvalue weighted by molar-refractivity contribution is -0.0990. The van der Waals surface area contributed by atoms with Gasteiger partial charge in [-0.1, -0.05) is 55.4 Å². The van der Waals surface area contributed by atoms with Gasteiger partial charge in [0.15, 0.2) is 0 Å². The van der Waals surface area contributed by atoms with Crippen LogP contribution in [0.4, 0.5) is 0 Å². The molecule has 0 aromatic carbocycles. The van der Waals surface area contributed by atoms with Gasteiger partial charge in [-0.25, -0.2) is 0 Å². The molecule has 1 fully saturated rings. The largest absolute Gasteiger partial charge is 0.380 e. The van der Waals surface area contributed by atoms with Crippen LogP contribution in [0.2, 0.25) is 0 Å². The summed E-state index contributed by atoms with van der Waals surface area (Å²) in [5, 5.41) is 0. The van der Waals surface area contributed by atoms with Gasteiger partial charge < -0.3 is 28.4 Å². The third kappa shape index (κ3) is 14.1. The van der Waals surface area contributed by atoms with Gasteiger partial charge in [0, 0.05) is 21.7 Å². The van der Waals surface area contributed by atoms with E-state index in [9.17, 15) is 0 Å². The summed E-state index contributed by atoms with van der Waals surface area (Å²) in [5.41, 5.74) is -0.252. The third-order valence-corrected chi connectivity index (χ3v) is 5.18. The van der Waals surface area contributed by atoms with Crippen LogP contribution in [0.1, 0.15) is 69.2 Å². The van der Waals surface area contributed by atoms with Crippen molar-refractivity contribution >= 4 is 0 Å². The maximum atomic E-state index is 6.07. The third-order valence-electron chi connectivity index (χ3n) is 5.18. The lowest BCUT2D eigenvalue weighted by Crippen LogP contribution is -2.35. The molecule has 32 heavy (non-hydrogen) atoms. The molecule has 192 valence electrons. The predicted molar refractivity (Wildman–Crippen MR) is 129 cm³/mol. The summed E-state index contributed by atoms with van der Waals surface area (Å²) in [4.78, 5) is 0. The first-order valence-corrected chi connectivity index (χ1v) is 12.2. The van der Waals surface area contributed by atoms with Crippen LogP contribution in [-0.2, 0) is 28.4 Å². The Balaban J connectivity index is 2.69. The average Bonchev–Trinajstić information content (AvgIpc) is 2.63. The Kier molecular flexibility index (Phi) is 12.1. The maximum absolute atomic E-state index is 6.07. The topological polar surface area (TPSA) is 55.4 Å².